The van der Waals surface area contributed by atoms with Crippen LogP contribution in [-0.2, 0) is 11.8 Å². The summed E-state index contributed by atoms with van der Waals surface area (Å²) < 4.78 is 3.44. The summed E-state index contributed by atoms with van der Waals surface area (Å²) >= 11 is 1.57. The van der Waals surface area contributed by atoms with Crippen molar-refractivity contribution in [1.82, 2.24) is 9.36 Å². The highest BCUT2D eigenvalue weighted by Crippen LogP contribution is 2.42. The van der Waals surface area contributed by atoms with Gasteiger partial charge in [-0.1, -0.05) is 36.4 Å². The molecule has 1 fully saturated rings. The number of thioether (sulfide) groups is 1. The number of hydrogen-bond acceptors (Lipinski definition) is 3. The summed E-state index contributed by atoms with van der Waals surface area (Å²) in [6.07, 6.45) is 0. The van der Waals surface area contributed by atoms with Crippen LogP contribution < -0.4 is 10.5 Å². The lowest BCUT2D eigenvalue weighted by Gasteiger charge is -2.23. The smallest absolute Gasteiger partial charge is 0.288 e. The second-order valence-electron chi connectivity index (χ2n) is 7.18. The molecule has 0 N–H and O–H groups in total. The highest BCUT2D eigenvalue weighted by molar-refractivity contribution is 8.00. The molecule has 0 radical (unpaired) electrons. The Labute approximate surface area is 168 Å². The number of carbonyl (C=O) groups is 1. The number of anilines is 1. The van der Waals surface area contributed by atoms with Gasteiger partial charge in [0, 0.05) is 7.05 Å². The lowest BCUT2D eigenvalue weighted by molar-refractivity contribution is -0.115. The summed E-state index contributed by atoms with van der Waals surface area (Å²) in [6, 6.07) is 15.8. The van der Waals surface area contributed by atoms with Gasteiger partial charge in [0.1, 0.15) is 11.1 Å². The first-order valence-corrected chi connectivity index (χ1v) is 10.3. The van der Waals surface area contributed by atoms with Crippen molar-refractivity contribution in [3.63, 3.8) is 0 Å². The van der Waals surface area contributed by atoms with Crippen molar-refractivity contribution in [3.05, 3.63) is 81.3 Å². The zero-order chi connectivity index (χ0) is 20.0. The zero-order valence-electron chi connectivity index (χ0n) is 16.5. The Morgan fingerprint density at radius 1 is 0.964 bits per heavy atom. The van der Waals surface area contributed by atoms with Crippen molar-refractivity contribution in [1.29, 1.82) is 0 Å². The van der Waals surface area contributed by atoms with Crippen molar-refractivity contribution in [3.8, 4) is 5.69 Å². The monoisotopic (exact) mass is 393 g/mol. The number of aromatic nitrogens is 2. The number of para-hydroxylation sites is 1. The summed E-state index contributed by atoms with van der Waals surface area (Å²) in [5, 5.41) is -0.190. The molecule has 28 heavy (non-hydrogen) atoms. The minimum atomic E-state index is -0.190. The van der Waals surface area contributed by atoms with E-state index < -0.39 is 0 Å². The van der Waals surface area contributed by atoms with Crippen LogP contribution in [0.2, 0.25) is 0 Å². The van der Waals surface area contributed by atoms with E-state index in [9.17, 15) is 9.59 Å². The molecule has 1 aliphatic rings. The van der Waals surface area contributed by atoms with E-state index in [4.69, 9.17) is 0 Å². The second kappa shape index (κ2) is 7.02. The number of amides is 1. The molecule has 0 spiro atoms. The van der Waals surface area contributed by atoms with Crippen LogP contribution in [0, 0.1) is 20.8 Å². The maximum absolute atomic E-state index is 13.4. The van der Waals surface area contributed by atoms with Crippen LogP contribution in [0.1, 0.15) is 27.8 Å². The van der Waals surface area contributed by atoms with E-state index in [1.165, 1.54) is 11.1 Å². The fourth-order valence-electron chi connectivity index (χ4n) is 3.66. The van der Waals surface area contributed by atoms with Gasteiger partial charge in [-0.25, -0.2) is 4.68 Å². The normalized spacial score (nSPS) is 16.8. The first-order chi connectivity index (χ1) is 13.4. The molecule has 4 rings (SSSR count). The van der Waals surface area contributed by atoms with Gasteiger partial charge < -0.3 is 0 Å². The van der Waals surface area contributed by atoms with Gasteiger partial charge >= 0.3 is 0 Å². The highest BCUT2D eigenvalue weighted by Gasteiger charge is 2.38. The van der Waals surface area contributed by atoms with Gasteiger partial charge in [-0.15, -0.1) is 11.8 Å². The SMILES string of the molecule is Cc1ccc([C@H]2SCC(=O)N2c2c(C)n(C)n(-c3ccccc3)c2=O)cc1C. The van der Waals surface area contributed by atoms with Crippen LogP contribution in [0.15, 0.2) is 53.3 Å². The van der Waals surface area contributed by atoms with Crippen LogP contribution >= 0.6 is 11.8 Å². The van der Waals surface area contributed by atoms with Crippen molar-refractivity contribution >= 4 is 23.4 Å². The predicted octanol–water partition coefficient (Wildman–Crippen LogP) is 3.88. The minimum absolute atomic E-state index is 0.0285. The standard InChI is InChI=1S/C22H23N3O2S/c1-14-10-11-17(12-15(14)2)22-24(19(26)13-28-22)20-16(3)23(4)25(21(20)27)18-8-6-5-7-9-18/h5-12,22H,13H2,1-4H3/t22-/m1/s1. The summed E-state index contributed by atoms with van der Waals surface area (Å²) in [7, 11) is 1.85. The Kier molecular flexibility index (Phi) is 4.67. The van der Waals surface area contributed by atoms with Gasteiger partial charge in [-0.3, -0.25) is 19.2 Å². The number of hydrogen-bond donors (Lipinski definition) is 0. The molecule has 0 unspecified atom stereocenters. The lowest BCUT2D eigenvalue weighted by atomic mass is 10.1. The van der Waals surface area contributed by atoms with Gasteiger partial charge in [0.25, 0.3) is 5.56 Å². The Balaban J connectivity index is 1.86. The van der Waals surface area contributed by atoms with Crippen LogP contribution in [0.25, 0.3) is 5.69 Å². The summed E-state index contributed by atoms with van der Waals surface area (Å²) in [6.45, 7) is 6.04. The average molecular weight is 394 g/mol. The quantitative estimate of drug-likeness (QED) is 0.678. The summed E-state index contributed by atoms with van der Waals surface area (Å²) in [4.78, 5) is 27.9. The van der Waals surface area contributed by atoms with Crippen LogP contribution in [0.3, 0.4) is 0 Å². The Morgan fingerprint density at radius 2 is 1.68 bits per heavy atom. The van der Waals surface area contributed by atoms with E-state index in [1.807, 2.05) is 49.0 Å². The molecule has 0 aliphatic carbocycles. The number of aryl methyl sites for hydroxylation is 2. The Morgan fingerprint density at radius 3 is 2.36 bits per heavy atom. The summed E-state index contributed by atoms with van der Waals surface area (Å²) in [5.41, 5.74) is 5.30. The molecular weight excluding hydrogens is 370 g/mol. The molecule has 1 saturated heterocycles. The van der Waals surface area contributed by atoms with Gasteiger partial charge in [0.2, 0.25) is 5.91 Å². The van der Waals surface area contributed by atoms with E-state index in [0.29, 0.717) is 11.4 Å². The number of rotatable bonds is 3. The average Bonchev–Trinajstić information content (AvgIpc) is 3.15. The number of carbonyl (C=O) groups excluding carboxylic acids is 1. The maximum atomic E-state index is 13.4. The predicted molar refractivity (Wildman–Crippen MR) is 114 cm³/mol. The first-order valence-electron chi connectivity index (χ1n) is 9.25. The second-order valence-corrected chi connectivity index (χ2v) is 8.25. The largest absolute Gasteiger partial charge is 0.295 e. The molecule has 0 bridgehead atoms. The third-order valence-corrected chi connectivity index (χ3v) is 6.66. The molecular formula is C22H23N3O2S. The van der Waals surface area contributed by atoms with Crippen LogP contribution in [0.4, 0.5) is 5.69 Å². The van der Waals surface area contributed by atoms with Crippen molar-refractivity contribution in [2.75, 3.05) is 10.7 Å². The molecule has 0 saturated carbocycles. The molecule has 6 heteroatoms. The minimum Gasteiger partial charge on any atom is -0.288 e. The van der Waals surface area contributed by atoms with Crippen molar-refractivity contribution in [2.45, 2.75) is 26.1 Å². The van der Waals surface area contributed by atoms with Gasteiger partial charge in [0.05, 0.1) is 17.1 Å². The lowest BCUT2D eigenvalue weighted by Crippen LogP contribution is -2.33. The van der Waals surface area contributed by atoms with E-state index in [0.717, 1.165) is 16.9 Å². The van der Waals surface area contributed by atoms with E-state index in [2.05, 4.69) is 32.0 Å². The van der Waals surface area contributed by atoms with Crippen LogP contribution in [-0.4, -0.2) is 21.0 Å². The third kappa shape index (κ3) is 2.88. The number of benzene rings is 2. The molecule has 1 amide bonds. The fraction of sp³-hybridized carbons (Fsp3) is 0.273. The van der Waals surface area contributed by atoms with Gasteiger partial charge in [-0.2, -0.15) is 0 Å². The molecule has 1 aliphatic heterocycles. The topological polar surface area (TPSA) is 47.2 Å². The maximum Gasteiger partial charge on any atom is 0.295 e. The van der Waals surface area contributed by atoms with Crippen LogP contribution in [0.5, 0.6) is 0 Å². The van der Waals surface area contributed by atoms with Gasteiger partial charge in [0.15, 0.2) is 0 Å². The van der Waals surface area contributed by atoms with E-state index in [-0.39, 0.29) is 16.8 Å². The zero-order valence-corrected chi connectivity index (χ0v) is 17.3. The van der Waals surface area contributed by atoms with Crippen molar-refractivity contribution < 1.29 is 4.79 Å². The Hall–Kier alpha value is -2.73. The molecule has 3 aromatic rings. The molecule has 2 aromatic carbocycles. The van der Waals surface area contributed by atoms with Gasteiger partial charge in [-0.05, 0) is 49.6 Å². The van der Waals surface area contributed by atoms with Crippen molar-refractivity contribution in [2.24, 2.45) is 7.05 Å². The van der Waals surface area contributed by atoms with E-state index >= 15 is 0 Å². The van der Waals surface area contributed by atoms with E-state index in [1.54, 1.807) is 21.3 Å². The Bertz CT molecular complexity index is 1110. The highest BCUT2D eigenvalue weighted by atomic mass is 32.2. The summed E-state index contributed by atoms with van der Waals surface area (Å²) in [5.74, 6) is 0.343. The third-order valence-electron chi connectivity index (χ3n) is 5.45. The first kappa shape index (κ1) is 18.6. The molecule has 1 atom stereocenters. The molecule has 144 valence electrons. The molecule has 5 nitrogen and oxygen atoms in total. The fourth-order valence-corrected chi connectivity index (χ4v) is 4.81. The number of nitrogens with zero attached hydrogens (tertiary/aromatic N) is 3. The molecule has 2 heterocycles. The molecule has 1 aromatic heterocycles.